The Balaban J connectivity index is 1.81. The second kappa shape index (κ2) is 6.78. The number of thiophene rings is 1. The Morgan fingerprint density at radius 1 is 1.32 bits per heavy atom. The molecule has 0 aliphatic heterocycles. The van der Waals surface area contributed by atoms with Crippen LogP contribution in [0.4, 0.5) is 23.2 Å². The standard InChI is InChI=1S/C18H17F4NOS/c1-2-10-3-6-15-11(7-10)8-16(25-15)17(24)23-14-9-12(18(20,21)22)4-5-13(14)19/h4-5,8-10H,2-3,6-7H2,1H3,(H,23,24)/t10-/m1/s1. The van der Waals surface area contributed by atoms with Crippen LogP contribution in [0.25, 0.3) is 0 Å². The Morgan fingerprint density at radius 3 is 2.76 bits per heavy atom. The van der Waals surface area contributed by atoms with E-state index in [2.05, 4.69) is 12.2 Å². The number of amides is 1. The largest absolute Gasteiger partial charge is 0.416 e. The first-order valence-electron chi connectivity index (χ1n) is 8.07. The van der Waals surface area contributed by atoms with E-state index in [1.54, 1.807) is 6.07 Å². The smallest absolute Gasteiger partial charge is 0.319 e. The van der Waals surface area contributed by atoms with Gasteiger partial charge in [-0.15, -0.1) is 11.3 Å². The zero-order valence-corrected chi connectivity index (χ0v) is 14.4. The summed E-state index contributed by atoms with van der Waals surface area (Å²) in [6.45, 7) is 2.13. The SMILES string of the molecule is CC[C@@H]1CCc2sc(C(=O)Nc3cc(C(F)(F)F)ccc3F)cc2C1. The third-order valence-corrected chi connectivity index (χ3v) is 5.76. The van der Waals surface area contributed by atoms with Gasteiger partial charge < -0.3 is 5.32 Å². The molecule has 1 N–H and O–H groups in total. The summed E-state index contributed by atoms with van der Waals surface area (Å²) in [6.07, 6.45) is -0.624. The van der Waals surface area contributed by atoms with Crippen molar-refractivity contribution in [3.63, 3.8) is 0 Å². The van der Waals surface area contributed by atoms with E-state index in [9.17, 15) is 22.4 Å². The van der Waals surface area contributed by atoms with Crippen LogP contribution < -0.4 is 5.32 Å². The van der Waals surface area contributed by atoms with E-state index >= 15 is 0 Å². The number of benzene rings is 1. The fourth-order valence-corrected chi connectivity index (χ4v) is 4.14. The lowest BCUT2D eigenvalue weighted by atomic mass is 9.87. The third kappa shape index (κ3) is 3.86. The summed E-state index contributed by atoms with van der Waals surface area (Å²) in [6, 6.07) is 3.76. The number of carbonyl (C=O) groups is 1. The van der Waals surface area contributed by atoms with Gasteiger partial charge in [-0.05, 0) is 55.0 Å². The fourth-order valence-electron chi connectivity index (χ4n) is 3.04. The molecule has 0 fully saturated rings. The summed E-state index contributed by atoms with van der Waals surface area (Å²) < 4.78 is 52.0. The monoisotopic (exact) mass is 371 g/mol. The van der Waals surface area contributed by atoms with Crippen molar-refractivity contribution in [1.82, 2.24) is 0 Å². The fraction of sp³-hybridized carbons (Fsp3) is 0.389. The lowest BCUT2D eigenvalue weighted by molar-refractivity contribution is -0.137. The maximum Gasteiger partial charge on any atom is 0.416 e. The predicted octanol–water partition coefficient (Wildman–Crippen LogP) is 5.67. The number of hydrogen-bond donors (Lipinski definition) is 1. The molecule has 1 amide bonds. The van der Waals surface area contributed by atoms with Gasteiger partial charge >= 0.3 is 6.18 Å². The molecule has 134 valence electrons. The van der Waals surface area contributed by atoms with Crippen LogP contribution in [0.1, 0.15) is 45.4 Å². The zero-order chi connectivity index (χ0) is 18.2. The second-order valence-corrected chi connectivity index (χ2v) is 7.36. The number of aryl methyl sites for hydroxylation is 1. The summed E-state index contributed by atoms with van der Waals surface area (Å²) >= 11 is 1.33. The summed E-state index contributed by atoms with van der Waals surface area (Å²) in [7, 11) is 0. The van der Waals surface area contributed by atoms with Gasteiger partial charge in [0.25, 0.3) is 5.91 Å². The number of alkyl halides is 3. The summed E-state index contributed by atoms with van der Waals surface area (Å²) in [5.74, 6) is -0.877. The summed E-state index contributed by atoms with van der Waals surface area (Å²) in [5, 5.41) is 2.27. The molecule has 2 aromatic rings. The molecule has 7 heteroatoms. The topological polar surface area (TPSA) is 29.1 Å². The van der Waals surface area contributed by atoms with Crippen LogP contribution in [-0.2, 0) is 19.0 Å². The first-order valence-corrected chi connectivity index (χ1v) is 8.89. The van der Waals surface area contributed by atoms with Crippen molar-refractivity contribution in [3.8, 4) is 0 Å². The number of anilines is 1. The number of nitrogens with one attached hydrogen (secondary N) is 1. The Bertz CT molecular complexity index is 797. The van der Waals surface area contributed by atoms with Crippen LogP contribution in [-0.4, -0.2) is 5.91 Å². The van der Waals surface area contributed by atoms with Crippen molar-refractivity contribution in [2.75, 3.05) is 5.32 Å². The van der Waals surface area contributed by atoms with Gasteiger partial charge in [0.2, 0.25) is 0 Å². The second-order valence-electron chi connectivity index (χ2n) is 6.22. The Kier molecular flexibility index (Phi) is 4.86. The molecule has 0 unspecified atom stereocenters. The molecule has 0 radical (unpaired) electrons. The highest BCUT2D eigenvalue weighted by Gasteiger charge is 2.31. The van der Waals surface area contributed by atoms with E-state index in [4.69, 9.17) is 0 Å². The van der Waals surface area contributed by atoms with E-state index in [1.165, 1.54) is 11.3 Å². The molecule has 1 heterocycles. The Hall–Kier alpha value is -1.89. The van der Waals surface area contributed by atoms with E-state index in [0.29, 0.717) is 29.0 Å². The van der Waals surface area contributed by atoms with Crippen LogP contribution in [0.3, 0.4) is 0 Å². The molecule has 1 aromatic heterocycles. The third-order valence-electron chi connectivity index (χ3n) is 4.53. The number of carbonyl (C=O) groups excluding carboxylic acids is 1. The molecule has 2 nitrogen and oxygen atoms in total. The quantitative estimate of drug-likeness (QED) is 0.692. The minimum atomic E-state index is -4.59. The van der Waals surface area contributed by atoms with E-state index in [0.717, 1.165) is 36.1 Å². The molecule has 0 saturated carbocycles. The van der Waals surface area contributed by atoms with Crippen LogP contribution in [0, 0.1) is 11.7 Å². The molecular weight excluding hydrogens is 354 g/mol. The van der Waals surface area contributed by atoms with Gasteiger partial charge in [0.15, 0.2) is 0 Å². The molecule has 0 bridgehead atoms. The predicted molar refractivity (Wildman–Crippen MR) is 89.5 cm³/mol. The van der Waals surface area contributed by atoms with Crippen LogP contribution in [0.5, 0.6) is 0 Å². The lowest BCUT2D eigenvalue weighted by Gasteiger charge is -2.19. The van der Waals surface area contributed by atoms with Crippen molar-refractivity contribution in [2.24, 2.45) is 5.92 Å². The minimum absolute atomic E-state index is 0.401. The molecule has 0 spiro atoms. The van der Waals surface area contributed by atoms with Crippen molar-refractivity contribution < 1.29 is 22.4 Å². The van der Waals surface area contributed by atoms with Crippen molar-refractivity contribution >= 4 is 22.9 Å². The van der Waals surface area contributed by atoms with Gasteiger partial charge in [-0.3, -0.25) is 4.79 Å². The van der Waals surface area contributed by atoms with Gasteiger partial charge in [-0.25, -0.2) is 4.39 Å². The lowest BCUT2D eigenvalue weighted by Crippen LogP contribution is -2.13. The molecule has 1 aliphatic carbocycles. The minimum Gasteiger partial charge on any atom is -0.319 e. The van der Waals surface area contributed by atoms with Gasteiger partial charge in [-0.2, -0.15) is 13.2 Å². The van der Waals surface area contributed by atoms with E-state index < -0.39 is 29.2 Å². The maximum atomic E-state index is 13.8. The van der Waals surface area contributed by atoms with Crippen LogP contribution in [0.15, 0.2) is 24.3 Å². The molecule has 1 aromatic carbocycles. The summed E-state index contributed by atoms with van der Waals surface area (Å²) in [5.41, 5.74) is -0.337. The van der Waals surface area contributed by atoms with Gasteiger partial charge in [0.1, 0.15) is 5.82 Å². The van der Waals surface area contributed by atoms with Gasteiger partial charge in [0, 0.05) is 4.88 Å². The molecule has 3 rings (SSSR count). The van der Waals surface area contributed by atoms with Crippen LogP contribution in [0.2, 0.25) is 0 Å². The highest BCUT2D eigenvalue weighted by molar-refractivity contribution is 7.14. The number of fused-ring (bicyclic) bond motifs is 1. The Morgan fingerprint density at radius 2 is 2.08 bits per heavy atom. The first-order chi connectivity index (χ1) is 11.8. The molecule has 1 aliphatic rings. The van der Waals surface area contributed by atoms with E-state index in [-0.39, 0.29) is 0 Å². The zero-order valence-electron chi connectivity index (χ0n) is 13.5. The molecule has 0 saturated heterocycles. The van der Waals surface area contributed by atoms with Crippen molar-refractivity contribution in [3.05, 3.63) is 51.0 Å². The highest BCUT2D eigenvalue weighted by atomic mass is 32.1. The number of halogens is 4. The average molecular weight is 371 g/mol. The van der Waals surface area contributed by atoms with Crippen molar-refractivity contribution in [1.29, 1.82) is 0 Å². The van der Waals surface area contributed by atoms with Gasteiger partial charge in [-0.1, -0.05) is 13.3 Å². The van der Waals surface area contributed by atoms with Crippen LogP contribution >= 0.6 is 11.3 Å². The normalized spacial score (nSPS) is 17.2. The summed E-state index contributed by atoms with van der Waals surface area (Å²) in [4.78, 5) is 13.9. The Labute approximate surface area is 146 Å². The number of rotatable bonds is 3. The average Bonchev–Trinajstić information content (AvgIpc) is 2.98. The molecule has 25 heavy (non-hydrogen) atoms. The first kappa shape index (κ1) is 17.9. The van der Waals surface area contributed by atoms with E-state index in [1.807, 2.05) is 0 Å². The van der Waals surface area contributed by atoms with Crippen molar-refractivity contribution in [2.45, 2.75) is 38.8 Å². The van der Waals surface area contributed by atoms with Gasteiger partial charge in [0.05, 0.1) is 16.1 Å². The maximum absolute atomic E-state index is 13.8. The molecular formula is C18H17F4NOS. The number of hydrogen-bond acceptors (Lipinski definition) is 2. The highest BCUT2D eigenvalue weighted by Crippen LogP contribution is 2.35. The molecule has 1 atom stereocenters.